The lowest BCUT2D eigenvalue weighted by Crippen LogP contribution is -3.16. The van der Waals surface area contributed by atoms with Crippen molar-refractivity contribution < 1.29 is 153 Å². The molecule has 7 saturated heterocycles. The van der Waals surface area contributed by atoms with Gasteiger partial charge in [0.1, 0.15) is 109 Å². The van der Waals surface area contributed by atoms with Crippen molar-refractivity contribution in [3.8, 4) is 34.5 Å². The molecule has 0 aliphatic carbocycles. The molecule has 132 heavy (non-hydrogen) atoms. The second kappa shape index (κ2) is 48.6. The summed E-state index contributed by atoms with van der Waals surface area (Å²) in [5.74, 6) is -0.673. The smallest absolute Gasteiger partial charge is 0.425 e. The molecule has 21 atom stereocenters. The zero-order valence-electron chi connectivity index (χ0n) is 76.6. The molecule has 0 bridgehead atoms. The van der Waals surface area contributed by atoms with Crippen LogP contribution in [0.3, 0.4) is 0 Å². The van der Waals surface area contributed by atoms with Crippen molar-refractivity contribution in [2.45, 2.75) is 202 Å². The van der Waals surface area contributed by atoms with Crippen molar-refractivity contribution in [1.82, 2.24) is 5.32 Å². The highest BCUT2D eigenvalue weighted by molar-refractivity contribution is 7.81. The molecule has 0 saturated carbocycles. The van der Waals surface area contributed by atoms with Crippen molar-refractivity contribution in [2.75, 3.05) is 111 Å². The minimum absolute atomic E-state index is 0.0161. The molecule has 0 aromatic heterocycles. The summed E-state index contributed by atoms with van der Waals surface area (Å²) in [4.78, 5) is 1.03. The van der Waals surface area contributed by atoms with Gasteiger partial charge < -0.3 is 129 Å². The highest BCUT2D eigenvalue weighted by Crippen LogP contribution is 2.47. The maximum absolute atomic E-state index is 14.8. The minimum atomic E-state index is -4.18. The summed E-state index contributed by atoms with van der Waals surface area (Å²) in [7, 11) is 8.54. The zero-order chi connectivity index (χ0) is 94.0. The SMILES string of the molecule is CO[C@]1(C)O[C@H]2[C@H]3OS(=O)(=O)OC[C@H]3O[C@@H](OCc3ccccc3)[C@@H]2O[C@@]1(C)OC.COc1ccc(COC[C@@H]2[C@@H](OCc3ccc(OC)cc3)[C@H](OCc3ccc(OC)cc3)C[NH+]2C[C@H]2O[C@@H](OCc3ccccc3)[C@@H]3O[C@@](C)(OC)[C@](C)(OC)O[C@H]3[C@H]2[O-])cc1.COc1ccc(COC[C@H]2NC[C@@H](OCc3ccc(OC)cc3)[C@@H]2OCc2ccc(OC)cc2)cc1.O=S(=O)=O. The van der Waals surface area contributed by atoms with Crippen LogP contribution in [0.1, 0.15) is 72.2 Å². The molecule has 36 heteroatoms. The van der Waals surface area contributed by atoms with Crippen LogP contribution < -0.4 is 43.7 Å². The molecule has 0 spiro atoms. The Morgan fingerprint density at radius 1 is 0.394 bits per heavy atom. The maximum atomic E-state index is 14.8. The van der Waals surface area contributed by atoms with E-state index in [0.717, 1.165) is 83.9 Å². The van der Waals surface area contributed by atoms with E-state index in [-0.39, 0.29) is 56.8 Å². The van der Waals surface area contributed by atoms with Gasteiger partial charge in [0, 0.05) is 35.0 Å². The third-order valence-corrected chi connectivity index (χ3v) is 25.3. The highest BCUT2D eigenvalue weighted by Gasteiger charge is 2.66. The summed E-state index contributed by atoms with van der Waals surface area (Å²) < 4.78 is 203. The van der Waals surface area contributed by atoms with E-state index >= 15 is 0 Å². The van der Waals surface area contributed by atoms with Gasteiger partial charge in [-0.15, -0.1) is 12.6 Å². The normalized spacial score (nSPS) is 29.6. The van der Waals surface area contributed by atoms with Gasteiger partial charge in [-0.05, 0) is 145 Å². The molecule has 8 aromatic rings. The number of methoxy groups -OCH3 is 10. The lowest BCUT2D eigenvalue weighted by Gasteiger charge is -2.59. The summed E-state index contributed by atoms with van der Waals surface area (Å²) in [5.41, 5.74) is 8.09. The number of hydrogen-bond acceptors (Lipinski definition) is 33. The molecular formula is C96H122N2O32S2. The molecule has 7 aliphatic heterocycles. The van der Waals surface area contributed by atoms with Gasteiger partial charge in [-0.2, -0.15) is 8.42 Å². The number of nitrogens with one attached hydrogen (secondary N) is 2. The van der Waals surface area contributed by atoms with Gasteiger partial charge in [-0.25, -0.2) is 8.37 Å². The van der Waals surface area contributed by atoms with Crippen LogP contribution >= 0.6 is 0 Å². The summed E-state index contributed by atoms with van der Waals surface area (Å²) in [6, 6.07) is 66.2. The Morgan fingerprint density at radius 3 is 1.13 bits per heavy atom. The molecule has 34 nitrogen and oxygen atoms in total. The molecular weight excluding hydrogens is 1760 g/mol. The quantitative estimate of drug-likeness (QED) is 0.0367. The first-order valence-electron chi connectivity index (χ1n) is 43.2. The molecule has 2 N–H and O–H groups in total. The summed E-state index contributed by atoms with van der Waals surface area (Å²) in [6.07, 6.45) is -10.6. The second-order valence-electron chi connectivity index (χ2n) is 32.6. The summed E-state index contributed by atoms with van der Waals surface area (Å²) in [5, 5.41) is 18.3. The Bertz CT molecular complexity index is 5010. The average molecular weight is 1880 g/mol. The van der Waals surface area contributed by atoms with Crippen molar-refractivity contribution in [3.63, 3.8) is 0 Å². The molecule has 8 aromatic carbocycles. The van der Waals surface area contributed by atoms with Crippen LogP contribution in [0.5, 0.6) is 34.5 Å². The molecule has 0 radical (unpaired) electrons. The van der Waals surface area contributed by atoms with E-state index in [1.165, 1.54) is 28.4 Å². The van der Waals surface area contributed by atoms with Crippen LogP contribution in [-0.4, -0.2) is 253 Å². The predicted octanol–water partition coefficient (Wildman–Crippen LogP) is 8.31. The predicted molar refractivity (Wildman–Crippen MR) is 472 cm³/mol. The maximum Gasteiger partial charge on any atom is 0.425 e. The van der Waals surface area contributed by atoms with E-state index in [0.29, 0.717) is 65.9 Å². The largest absolute Gasteiger partial charge is 0.848 e. The fourth-order valence-electron chi connectivity index (χ4n) is 16.3. The fraction of sp³-hybridized carbons (Fsp3) is 0.500. The first-order valence-corrected chi connectivity index (χ1v) is 45.6. The number of hydrogen-bond donors (Lipinski definition) is 2. The standard InChI is InChI=1S/C48H60NO13.C29H35NO6.C19H26O10S.O3S/c1-47(54-6)48(2,55-7)62-45-44(61-47)42(50)40(60-46(45)59-30-32-11-9-8-10-12-32)25-49-26-41(57-28-34-15-21-37(52-4)22-16-34)43(58-29-35-17-23-38(53-5)24-18-35)39(49)31-56-27-33-13-19-36(51-3)20-14-33;1-31-24-10-4-21(5-11-24)17-34-20-27-29(36-19-23-8-14-26(33-3)15-9-23)28(16-30-27)35-18-22-6-12-25(32-2)13-7-22;1-18(22-3)19(2,23-4)28-16-15(27-18)14-13(11-25-30(20,21)29-14)26-17(16)24-10-12-8-6-5-7-9-12;1-4(2)3/h8-24,39-46H,25-31H2,1-7H3;4-15,27-30H,16-20H2,1-3H3;5-9,13-17H,10-11H2,1-4H3;/q-1;;;/p+1/t39-,40-,41-,42+,43-,44+,45-,46-,47-,48-;27-,28-,29-;13-,14+,15+,16-,17-,18-,19-;/m111./s1. The van der Waals surface area contributed by atoms with Crippen molar-refractivity contribution in [2.24, 2.45) is 0 Å². The Balaban J connectivity index is 0.000000190. The number of quaternary nitrogens is 1. The number of rotatable bonds is 38. The van der Waals surface area contributed by atoms with Crippen LogP contribution in [0, 0.1) is 0 Å². The van der Waals surface area contributed by atoms with Gasteiger partial charge in [0.2, 0.25) is 23.1 Å². The minimum Gasteiger partial charge on any atom is -0.848 e. The molecule has 720 valence electrons. The van der Waals surface area contributed by atoms with Crippen LogP contribution in [0.2, 0.25) is 0 Å². The zero-order valence-corrected chi connectivity index (χ0v) is 78.3. The van der Waals surface area contributed by atoms with Crippen LogP contribution in [0.4, 0.5) is 0 Å². The monoisotopic (exact) mass is 1880 g/mol. The van der Waals surface area contributed by atoms with Crippen molar-refractivity contribution >= 4 is 21.0 Å². The first kappa shape index (κ1) is 102. The third kappa shape index (κ3) is 26.9. The van der Waals surface area contributed by atoms with E-state index in [4.69, 9.17) is 135 Å². The van der Waals surface area contributed by atoms with E-state index in [1.54, 1.807) is 70.4 Å². The van der Waals surface area contributed by atoms with Gasteiger partial charge in [-0.3, -0.25) is 0 Å². The second-order valence-corrected chi connectivity index (χ2v) is 34.2. The number of benzene rings is 8. The van der Waals surface area contributed by atoms with Crippen molar-refractivity contribution in [1.29, 1.82) is 0 Å². The van der Waals surface area contributed by atoms with Gasteiger partial charge in [0.15, 0.2) is 12.6 Å². The molecule has 7 fully saturated rings. The van der Waals surface area contributed by atoms with Crippen LogP contribution in [0.15, 0.2) is 206 Å². The summed E-state index contributed by atoms with van der Waals surface area (Å²) >= 11 is 0. The Morgan fingerprint density at radius 2 is 0.727 bits per heavy atom. The van der Waals surface area contributed by atoms with Gasteiger partial charge >= 0.3 is 21.0 Å². The number of likely N-dealkylation sites (tertiary alicyclic amines) is 1. The van der Waals surface area contributed by atoms with Gasteiger partial charge in [-0.1, -0.05) is 140 Å². The lowest BCUT2D eigenvalue weighted by molar-refractivity contribution is -0.920. The van der Waals surface area contributed by atoms with Gasteiger partial charge in [0.05, 0.1) is 133 Å². The highest BCUT2D eigenvalue weighted by atomic mass is 32.3. The lowest BCUT2D eigenvalue weighted by atomic mass is 9.93. The van der Waals surface area contributed by atoms with Crippen LogP contribution in [-0.2, 0) is 167 Å². The van der Waals surface area contributed by atoms with Crippen molar-refractivity contribution in [3.05, 3.63) is 251 Å². The molecule has 0 amide bonds. The molecule has 7 heterocycles. The topological polar surface area (TPSA) is 365 Å². The molecule has 15 rings (SSSR count). The van der Waals surface area contributed by atoms with E-state index in [2.05, 4.69) is 5.32 Å². The molecule has 7 aliphatic rings. The fourth-order valence-corrected chi connectivity index (χ4v) is 17.2. The number of ether oxygens (including phenoxy) is 24. The van der Waals surface area contributed by atoms with E-state index in [1.807, 2.05) is 206 Å². The summed E-state index contributed by atoms with van der Waals surface area (Å²) in [6.45, 7) is 11.8. The van der Waals surface area contributed by atoms with E-state index in [9.17, 15) is 13.5 Å². The third-order valence-electron chi connectivity index (χ3n) is 24.4. The molecule has 1 unspecified atom stereocenters. The number of fused-ring (bicyclic) bond motifs is 4. The van der Waals surface area contributed by atoms with Gasteiger partial charge in [0.25, 0.3) is 0 Å². The van der Waals surface area contributed by atoms with E-state index < -0.39 is 112 Å². The average Bonchev–Trinajstić information content (AvgIpc) is 0.735. The first-order chi connectivity index (χ1) is 63.7. The Hall–Kier alpha value is -8.79. The Labute approximate surface area is 772 Å². The van der Waals surface area contributed by atoms with Crippen LogP contribution in [0.25, 0.3) is 0 Å². The Kier molecular flexibility index (Phi) is 37.6.